The first-order valence-corrected chi connectivity index (χ1v) is 6.93. The second-order valence-electron chi connectivity index (χ2n) is 5.25. The van der Waals surface area contributed by atoms with E-state index in [4.69, 9.17) is 0 Å². The van der Waals surface area contributed by atoms with Crippen molar-refractivity contribution in [2.75, 3.05) is 7.05 Å². The Labute approximate surface area is 121 Å². The van der Waals surface area contributed by atoms with E-state index in [0.717, 1.165) is 12.1 Å². The zero-order valence-electron chi connectivity index (χ0n) is 12.3. The molecule has 0 bridgehead atoms. The molecule has 0 radical (unpaired) electrons. The lowest BCUT2D eigenvalue weighted by Crippen LogP contribution is -2.35. The maximum atomic E-state index is 12.4. The highest BCUT2D eigenvalue weighted by atomic mass is 16.1. The Kier molecular flexibility index (Phi) is 4.70. The Hall–Kier alpha value is -1.93. The Morgan fingerprint density at radius 3 is 2.30 bits per heavy atom. The molecule has 0 saturated carbocycles. The second kappa shape index (κ2) is 6.49. The van der Waals surface area contributed by atoms with Gasteiger partial charge in [0.15, 0.2) is 5.78 Å². The minimum Gasteiger partial charge on any atom is -0.292 e. The fourth-order valence-electron chi connectivity index (χ4n) is 2.24. The number of Topliss-reactive ketones (excluding diaryl/α,β-unsaturated/α-hetero) is 1. The molecule has 0 aromatic heterocycles. The molecule has 0 fully saturated rings. The highest BCUT2D eigenvalue weighted by molar-refractivity contribution is 5.99. The van der Waals surface area contributed by atoms with E-state index >= 15 is 0 Å². The Morgan fingerprint density at radius 2 is 1.65 bits per heavy atom. The van der Waals surface area contributed by atoms with Crippen LogP contribution < -0.4 is 0 Å². The van der Waals surface area contributed by atoms with Crippen molar-refractivity contribution in [2.45, 2.75) is 26.4 Å². The lowest BCUT2D eigenvalue weighted by Gasteiger charge is -2.24. The van der Waals surface area contributed by atoms with Gasteiger partial charge in [-0.05, 0) is 32.0 Å². The van der Waals surface area contributed by atoms with Crippen LogP contribution in [0.4, 0.5) is 0 Å². The zero-order chi connectivity index (χ0) is 14.5. The van der Waals surface area contributed by atoms with Crippen molar-refractivity contribution in [1.29, 1.82) is 0 Å². The van der Waals surface area contributed by atoms with Crippen molar-refractivity contribution in [1.82, 2.24) is 4.90 Å². The summed E-state index contributed by atoms with van der Waals surface area (Å²) in [6.07, 6.45) is 0. The van der Waals surface area contributed by atoms with Gasteiger partial charge in [-0.2, -0.15) is 0 Å². The van der Waals surface area contributed by atoms with E-state index in [1.54, 1.807) is 0 Å². The van der Waals surface area contributed by atoms with Gasteiger partial charge in [0, 0.05) is 12.1 Å². The van der Waals surface area contributed by atoms with E-state index in [0.29, 0.717) is 0 Å². The van der Waals surface area contributed by atoms with Crippen molar-refractivity contribution in [3.8, 4) is 0 Å². The summed E-state index contributed by atoms with van der Waals surface area (Å²) >= 11 is 0. The molecule has 2 rings (SSSR count). The normalized spacial score (nSPS) is 12.4. The van der Waals surface area contributed by atoms with Crippen molar-refractivity contribution in [2.24, 2.45) is 0 Å². The molecular formula is C18H21NO. The number of nitrogens with zero attached hydrogens (tertiary/aromatic N) is 1. The smallest absolute Gasteiger partial charge is 0.179 e. The van der Waals surface area contributed by atoms with E-state index in [1.807, 2.05) is 56.4 Å². The van der Waals surface area contributed by atoms with Crippen LogP contribution in [0.3, 0.4) is 0 Å². The van der Waals surface area contributed by atoms with Crippen LogP contribution in [0.2, 0.25) is 0 Å². The maximum Gasteiger partial charge on any atom is 0.179 e. The largest absolute Gasteiger partial charge is 0.292 e. The molecule has 2 aromatic rings. The van der Waals surface area contributed by atoms with E-state index in [2.05, 4.69) is 24.0 Å². The van der Waals surface area contributed by atoms with Crippen LogP contribution in [0.5, 0.6) is 0 Å². The van der Waals surface area contributed by atoms with Crippen molar-refractivity contribution < 1.29 is 4.79 Å². The third kappa shape index (κ3) is 3.34. The number of benzene rings is 2. The fraction of sp³-hybridized carbons (Fsp3) is 0.278. The minimum atomic E-state index is -0.128. The summed E-state index contributed by atoms with van der Waals surface area (Å²) in [7, 11) is 2.00. The van der Waals surface area contributed by atoms with E-state index < -0.39 is 0 Å². The van der Waals surface area contributed by atoms with E-state index in [-0.39, 0.29) is 11.8 Å². The first kappa shape index (κ1) is 14.5. The summed E-state index contributed by atoms with van der Waals surface area (Å²) in [5.41, 5.74) is 3.30. The molecule has 2 nitrogen and oxygen atoms in total. The summed E-state index contributed by atoms with van der Waals surface area (Å²) in [5, 5.41) is 0. The lowest BCUT2D eigenvalue weighted by atomic mass is 10.0. The highest BCUT2D eigenvalue weighted by Gasteiger charge is 2.19. The third-order valence-electron chi connectivity index (χ3n) is 3.78. The topological polar surface area (TPSA) is 20.3 Å². The number of carbonyl (C=O) groups excluding carboxylic acids is 1. The van der Waals surface area contributed by atoms with Crippen molar-refractivity contribution >= 4 is 5.78 Å². The van der Waals surface area contributed by atoms with Crippen LogP contribution in [0.25, 0.3) is 0 Å². The molecule has 0 aliphatic carbocycles. The highest BCUT2D eigenvalue weighted by Crippen LogP contribution is 2.14. The van der Waals surface area contributed by atoms with Gasteiger partial charge in [0.25, 0.3) is 0 Å². The summed E-state index contributed by atoms with van der Waals surface area (Å²) < 4.78 is 0. The summed E-state index contributed by atoms with van der Waals surface area (Å²) in [5.74, 6) is 0.168. The van der Waals surface area contributed by atoms with Gasteiger partial charge < -0.3 is 0 Å². The molecule has 0 saturated heterocycles. The van der Waals surface area contributed by atoms with Crippen LogP contribution in [0.15, 0.2) is 54.6 Å². The average molecular weight is 267 g/mol. The molecule has 2 aromatic carbocycles. The molecule has 1 atom stereocenters. The molecular weight excluding hydrogens is 246 g/mol. The molecule has 20 heavy (non-hydrogen) atoms. The monoisotopic (exact) mass is 267 g/mol. The molecule has 0 spiro atoms. The minimum absolute atomic E-state index is 0.128. The number of carbonyl (C=O) groups is 1. The lowest BCUT2D eigenvalue weighted by molar-refractivity contribution is 0.0862. The van der Waals surface area contributed by atoms with Gasteiger partial charge in [-0.15, -0.1) is 0 Å². The van der Waals surface area contributed by atoms with Gasteiger partial charge in [-0.3, -0.25) is 9.69 Å². The number of aryl methyl sites for hydroxylation is 1. The van der Waals surface area contributed by atoms with E-state index in [9.17, 15) is 4.79 Å². The van der Waals surface area contributed by atoms with Gasteiger partial charge in [-0.1, -0.05) is 54.6 Å². The van der Waals surface area contributed by atoms with Crippen LogP contribution in [0.1, 0.15) is 28.4 Å². The average Bonchev–Trinajstić information content (AvgIpc) is 2.49. The predicted octanol–water partition coefficient (Wildman–Crippen LogP) is 3.70. The Morgan fingerprint density at radius 1 is 1.05 bits per heavy atom. The first-order valence-electron chi connectivity index (χ1n) is 6.93. The molecule has 0 heterocycles. The predicted molar refractivity (Wildman–Crippen MR) is 82.9 cm³/mol. The zero-order valence-corrected chi connectivity index (χ0v) is 12.3. The fourth-order valence-corrected chi connectivity index (χ4v) is 2.24. The SMILES string of the molecule is Cc1ccccc1CN(C)C(C)C(=O)c1ccccc1. The number of rotatable bonds is 5. The summed E-state index contributed by atoms with van der Waals surface area (Å²) in [6.45, 7) is 4.85. The second-order valence-corrected chi connectivity index (χ2v) is 5.25. The van der Waals surface area contributed by atoms with E-state index in [1.165, 1.54) is 11.1 Å². The Bertz CT molecular complexity index is 577. The molecule has 0 N–H and O–H groups in total. The summed E-state index contributed by atoms with van der Waals surface area (Å²) in [6, 6.07) is 17.7. The molecule has 0 aliphatic rings. The van der Waals surface area contributed by atoms with Crippen LogP contribution >= 0.6 is 0 Å². The van der Waals surface area contributed by atoms with Gasteiger partial charge in [0.05, 0.1) is 6.04 Å². The summed E-state index contributed by atoms with van der Waals surface area (Å²) in [4.78, 5) is 14.5. The number of ketones is 1. The standard InChI is InChI=1S/C18H21NO/c1-14-9-7-8-12-17(14)13-19(3)15(2)18(20)16-10-5-4-6-11-16/h4-12,15H,13H2,1-3H3. The number of hydrogen-bond donors (Lipinski definition) is 0. The number of likely N-dealkylation sites (N-methyl/N-ethyl adjacent to an activating group) is 1. The molecule has 0 amide bonds. The maximum absolute atomic E-state index is 12.4. The number of hydrogen-bond acceptors (Lipinski definition) is 2. The van der Waals surface area contributed by atoms with Crippen LogP contribution in [-0.4, -0.2) is 23.8 Å². The van der Waals surface area contributed by atoms with Gasteiger partial charge in [-0.25, -0.2) is 0 Å². The molecule has 104 valence electrons. The molecule has 2 heteroatoms. The Balaban J connectivity index is 2.08. The molecule has 1 unspecified atom stereocenters. The van der Waals surface area contributed by atoms with Gasteiger partial charge in [0.1, 0.15) is 0 Å². The quantitative estimate of drug-likeness (QED) is 0.770. The van der Waals surface area contributed by atoms with Gasteiger partial charge >= 0.3 is 0 Å². The van der Waals surface area contributed by atoms with Crippen LogP contribution in [0, 0.1) is 6.92 Å². The van der Waals surface area contributed by atoms with Crippen molar-refractivity contribution in [3.63, 3.8) is 0 Å². The van der Waals surface area contributed by atoms with Crippen molar-refractivity contribution in [3.05, 3.63) is 71.3 Å². The first-order chi connectivity index (χ1) is 9.59. The molecule has 0 aliphatic heterocycles. The third-order valence-corrected chi connectivity index (χ3v) is 3.78. The van der Waals surface area contributed by atoms with Crippen LogP contribution in [-0.2, 0) is 6.54 Å². The van der Waals surface area contributed by atoms with Gasteiger partial charge in [0.2, 0.25) is 0 Å².